The molecule has 2 fully saturated rings. The fourth-order valence-corrected chi connectivity index (χ4v) is 5.25. The lowest BCUT2D eigenvalue weighted by atomic mass is 9.96. The SMILES string of the molecule is CC(C)C[C@H](NC(=O)[C@@H](NC(=O)OCc1ccccc1)C(C)OC(C)(C)C)C(=O)N[C@H](/C=C/C(=O)OCC1CC1)C[C@@H]1CCNC1=O. The van der Waals surface area contributed by atoms with Crippen molar-refractivity contribution in [1.82, 2.24) is 21.3 Å². The average Bonchev–Trinajstić information content (AvgIpc) is 3.75. The van der Waals surface area contributed by atoms with Crippen LogP contribution in [0.15, 0.2) is 42.5 Å². The first kappa shape index (κ1) is 37.5. The number of hydrogen-bond acceptors (Lipinski definition) is 8. The molecular weight excluding hydrogens is 604 g/mol. The maximum absolute atomic E-state index is 13.8. The second kappa shape index (κ2) is 17.8. The molecule has 1 aromatic carbocycles. The molecular formula is C35H52N4O8. The van der Waals surface area contributed by atoms with Crippen LogP contribution < -0.4 is 21.3 Å². The highest BCUT2D eigenvalue weighted by Gasteiger charge is 2.35. The molecule has 4 amide bonds. The van der Waals surface area contributed by atoms with Gasteiger partial charge >= 0.3 is 12.1 Å². The summed E-state index contributed by atoms with van der Waals surface area (Å²) < 4.78 is 16.7. The van der Waals surface area contributed by atoms with Crippen LogP contribution in [0.4, 0.5) is 4.79 Å². The third-order valence-corrected chi connectivity index (χ3v) is 7.77. The van der Waals surface area contributed by atoms with E-state index in [1.165, 1.54) is 6.08 Å². The Morgan fingerprint density at radius 3 is 2.26 bits per heavy atom. The first-order valence-corrected chi connectivity index (χ1v) is 16.6. The molecule has 1 aliphatic carbocycles. The average molecular weight is 657 g/mol. The summed E-state index contributed by atoms with van der Waals surface area (Å²) in [4.78, 5) is 65.0. The van der Waals surface area contributed by atoms with Gasteiger partial charge in [0.25, 0.3) is 0 Å². The van der Waals surface area contributed by atoms with Gasteiger partial charge < -0.3 is 35.5 Å². The number of ether oxygens (including phenoxy) is 3. The van der Waals surface area contributed by atoms with Crippen molar-refractivity contribution >= 4 is 29.8 Å². The maximum Gasteiger partial charge on any atom is 0.408 e. The molecule has 12 nitrogen and oxygen atoms in total. The van der Waals surface area contributed by atoms with Gasteiger partial charge in [-0.25, -0.2) is 9.59 Å². The topological polar surface area (TPSA) is 161 Å². The summed E-state index contributed by atoms with van der Waals surface area (Å²) in [6.45, 7) is 11.9. The van der Waals surface area contributed by atoms with Gasteiger partial charge in [0.05, 0.1) is 18.3 Å². The number of carbonyl (C=O) groups excluding carboxylic acids is 5. The van der Waals surface area contributed by atoms with E-state index in [9.17, 15) is 24.0 Å². The van der Waals surface area contributed by atoms with Crippen LogP contribution in [-0.4, -0.2) is 72.8 Å². The summed E-state index contributed by atoms with van der Waals surface area (Å²) >= 11 is 0. The first-order valence-electron chi connectivity index (χ1n) is 16.6. The summed E-state index contributed by atoms with van der Waals surface area (Å²) in [5.74, 6) is -1.64. The standard InChI is InChI=1S/C35H52N4O8/c1-22(2)18-28(32(42)37-27(19-26-16-17-36-31(26)41)14-15-29(40)45-20-25-12-13-25)38-33(43)30(23(3)47-35(4,5)6)39-34(44)46-21-24-10-8-7-9-11-24/h7-11,14-15,22-23,25-28,30H,12-13,16-21H2,1-6H3,(H,36,41)(H,37,42)(H,38,43)(H,39,44)/b15-14+/t23?,26-,27+,28-,30-/m0/s1. The fourth-order valence-electron chi connectivity index (χ4n) is 5.25. The van der Waals surface area contributed by atoms with E-state index >= 15 is 0 Å². The summed E-state index contributed by atoms with van der Waals surface area (Å²) in [5.41, 5.74) is 0.153. The van der Waals surface area contributed by atoms with Gasteiger partial charge in [0.1, 0.15) is 18.7 Å². The summed E-state index contributed by atoms with van der Waals surface area (Å²) in [5, 5.41) is 11.2. The van der Waals surface area contributed by atoms with Crippen LogP contribution in [0.25, 0.3) is 0 Å². The van der Waals surface area contributed by atoms with Crippen molar-refractivity contribution < 1.29 is 38.2 Å². The Balaban J connectivity index is 1.73. The van der Waals surface area contributed by atoms with Gasteiger partial charge in [-0.05, 0) is 77.2 Å². The number of rotatable bonds is 17. The zero-order valence-corrected chi connectivity index (χ0v) is 28.5. The fraction of sp³-hybridized carbons (Fsp3) is 0.629. The lowest BCUT2D eigenvalue weighted by molar-refractivity contribution is -0.138. The minimum atomic E-state index is -1.18. The van der Waals surface area contributed by atoms with E-state index in [0.29, 0.717) is 31.9 Å². The van der Waals surface area contributed by atoms with Crippen LogP contribution >= 0.6 is 0 Å². The number of benzene rings is 1. The van der Waals surface area contributed by atoms with Crippen molar-refractivity contribution in [3.05, 3.63) is 48.0 Å². The van der Waals surface area contributed by atoms with Gasteiger partial charge in [0.15, 0.2) is 0 Å². The normalized spacial score (nSPS) is 19.0. The van der Waals surface area contributed by atoms with Crippen LogP contribution in [0.3, 0.4) is 0 Å². The van der Waals surface area contributed by atoms with Gasteiger partial charge in [-0.3, -0.25) is 14.4 Å². The van der Waals surface area contributed by atoms with Crippen molar-refractivity contribution in [2.24, 2.45) is 17.8 Å². The predicted octanol–water partition coefficient (Wildman–Crippen LogP) is 3.54. The van der Waals surface area contributed by atoms with Crippen molar-refractivity contribution in [1.29, 1.82) is 0 Å². The van der Waals surface area contributed by atoms with E-state index < -0.39 is 53.7 Å². The Morgan fingerprint density at radius 2 is 1.66 bits per heavy atom. The zero-order chi connectivity index (χ0) is 34.6. The molecule has 1 heterocycles. The predicted molar refractivity (Wildman–Crippen MR) is 176 cm³/mol. The van der Waals surface area contributed by atoms with E-state index in [2.05, 4.69) is 21.3 Å². The van der Waals surface area contributed by atoms with E-state index in [1.807, 2.05) is 65.0 Å². The number of alkyl carbamates (subject to hydrolysis) is 1. The Kier molecular flexibility index (Phi) is 14.2. The molecule has 12 heteroatoms. The van der Waals surface area contributed by atoms with Crippen LogP contribution in [0.1, 0.15) is 79.2 Å². The van der Waals surface area contributed by atoms with E-state index in [0.717, 1.165) is 18.4 Å². The molecule has 4 N–H and O–H groups in total. The monoisotopic (exact) mass is 656 g/mol. The Bertz CT molecular complexity index is 1240. The lowest BCUT2D eigenvalue weighted by Gasteiger charge is -2.32. The molecule has 5 atom stereocenters. The van der Waals surface area contributed by atoms with Crippen LogP contribution in [0.5, 0.6) is 0 Å². The highest BCUT2D eigenvalue weighted by Crippen LogP contribution is 2.28. The summed E-state index contributed by atoms with van der Waals surface area (Å²) in [6.07, 6.45) is 4.50. The summed E-state index contributed by atoms with van der Waals surface area (Å²) in [7, 11) is 0. The van der Waals surface area contributed by atoms with Crippen molar-refractivity contribution in [3.63, 3.8) is 0 Å². The molecule has 0 spiro atoms. The third-order valence-electron chi connectivity index (χ3n) is 7.77. The number of hydrogen-bond donors (Lipinski definition) is 4. The molecule has 1 aliphatic heterocycles. The van der Waals surface area contributed by atoms with Crippen LogP contribution in [0.2, 0.25) is 0 Å². The largest absolute Gasteiger partial charge is 0.462 e. The van der Waals surface area contributed by atoms with E-state index in [1.54, 1.807) is 13.0 Å². The van der Waals surface area contributed by atoms with Gasteiger partial charge in [0, 0.05) is 24.6 Å². The smallest absolute Gasteiger partial charge is 0.408 e. The lowest BCUT2D eigenvalue weighted by Crippen LogP contribution is -2.59. The van der Waals surface area contributed by atoms with Gasteiger partial charge in [0.2, 0.25) is 17.7 Å². The first-order chi connectivity index (χ1) is 22.2. The van der Waals surface area contributed by atoms with Gasteiger partial charge in [-0.2, -0.15) is 0 Å². The Hall–Kier alpha value is -3.93. The molecule has 47 heavy (non-hydrogen) atoms. The number of carbonyl (C=O) groups is 5. The molecule has 3 rings (SSSR count). The second-order valence-corrected chi connectivity index (χ2v) is 13.9. The molecule has 0 bridgehead atoms. The van der Waals surface area contributed by atoms with Gasteiger partial charge in [-0.1, -0.05) is 50.3 Å². The summed E-state index contributed by atoms with van der Waals surface area (Å²) in [6, 6.07) is 6.32. The zero-order valence-electron chi connectivity index (χ0n) is 28.5. The second-order valence-electron chi connectivity index (χ2n) is 13.9. The van der Waals surface area contributed by atoms with Crippen molar-refractivity contribution in [2.75, 3.05) is 13.2 Å². The molecule has 2 aliphatic rings. The van der Waals surface area contributed by atoms with Crippen molar-refractivity contribution in [2.45, 2.75) is 110 Å². The minimum Gasteiger partial charge on any atom is -0.462 e. The number of nitrogens with one attached hydrogen (secondary N) is 4. The quantitative estimate of drug-likeness (QED) is 0.146. The molecule has 1 saturated carbocycles. The molecule has 1 unspecified atom stereocenters. The molecule has 0 radical (unpaired) electrons. The third kappa shape index (κ3) is 14.2. The highest BCUT2D eigenvalue weighted by molar-refractivity contribution is 5.92. The molecule has 1 aromatic rings. The minimum absolute atomic E-state index is 0.00987. The highest BCUT2D eigenvalue weighted by atomic mass is 16.6. The van der Waals surface area contributed by atoms with Gasteiger partial charge in [-0.15, -0.1) is 0 Å². The van der Waals surface area contributed by atoms with Crippen molar-refractivity contribution in [3.8, 4) is 0 Å². The maximum atomic E-state index is 13.8. The molecule has 260 valence electrons. The number of esters is 1. The van der Waals surface area contributed by atoms with E-state index in [4.69, 9.17) is 14.2 Å². The Labute approximate surface area is 278 Å². The number of amides is 4. The Morgan fingerprint density at radius 1 is 0.957 bits per heavy atom. The molecule has 1 saturated heterocycles. The molecule has 0 aromatic heterocycles. The van der Waals surface area contributed by atoms with E-state index in [-0.39, 0.29) is 30.8 Å². The van der Waals surface area contributed by atoms with Crippen LogP contribution in [0, 0.1) is 17.8 Å². The van der Waals surface area contributed by atoms with Crippen LogP contribution in [-0.2, 0) is 40.0 Å².